The maximum atomic E-state index is 12.6. The summed E-state index contributed by atoms with van der Waals surface area (Å²) >= 11 is 0. The number of nitrogens with zero attached hydrogens (tertiary/aromatic N) is 4. The Morgan fingerprint density at radius 2 is 1.88 bits per heavy atom. The minimum absolute atomic E-state index is 0.0434. The van der Waals surface area contributed by atoms with Gasteiger partial charge < -0.3 is 25.6 Å². The summed E-state index contributed by atoms with van der Waals surface area (Å²) in [6.45, 7) is 7.16. The number of amides is 1. The van der Waals surface area contributed by atoms with E-state index in [0.29, 0.717) is 29.6 Å². The van der Waals surface area contributed by atoms with Crippen LogP contribution in [0.15, 0.2) is 48.8 Å². The van der Waals surface area contributed by atoms with Crippen LogP contribution in [0.2, 0.25) is 0 Å². The lowest BCUT2D eigenvalue weighted by molar-refractivity contribution is 0.0944. The van der Waals surface area contributed by atoms with Crippen LogP contribution < -0.4 is 20.9 Å². The van der Waals surface area contributed by atoms with Gasteiger partial charge in [-0.2, -0.15) is 4.98 Å². The number of anilines is 5. The lowest BCUT2D eigenvalue weighted by Gasteiger charge is -2.18. The van der Waals surface area contributed by atoms with E-state index < -0.39 is 0 Å². The van der Waals surface area contributed by atoms with Gasteiger partial charge in [-0.25, -0.2) is 9.97 Å². The molecule has 0 fully saturated rings. The second-order valence-electron chi connectivity index (χ2n) is 7.97. The molecule has 0 saturated carbocycles. The van der Waals surface area contributed by atoms with Gasteiger partial charge in [0.2, 0.25) is 5.95 Å². The molecule has 0 aliphatic heterocycles. The summed E-state index contributed by atoms with van der Waals surface area (Å²) in [5, 5.41) is 9.39. The number of hydrogen-bond donors (Lipinski definition) is 3. The van der Waals surface area contributed by atoms with Crippen LogP contribution in [0.25, 0.3) is 0 Å². The zero-order valence-corrected chi connectivity index (χ0v) is 19.7. The lowest BCUT2D eigenvalue weighted by Crippen LogP contribution is -2.30. The Hall–Kier alpha value is -3.72. The van der Waals surface area contributed by atoms with E-state index in [1.54, 1.807) is 25.6 Å². The van der Waals surface area contributed by atoms with Crippen molar-refractivity contribution in [2.45, 2.75) is 26.8 Å². The van der Waals surface area contributed by atoms with Crippen molar-refractivity contribution in [3.05, 3.63) is 59.9 Å². The molecule has 0 bridgehead atoms. The van der Waals surface area contributed by atoms with Crippen LogP contribution >= 0.6 is 0 Å². The average molecular weight is 450 g/mol. The van der Waals surface area contributed by atoms with Crippen molar-refractivity contribution in [3.63, 3.8) is 0 Å². The molecular weight excluding hydrogens is 418 g/mol. The highest BCUT2D eigenvalue weighted by Gasteiger charge is 2.14. The number of ether oxygens (including phenoxy) is 1. The summed E-state index contributed by atoms with van der Waals surface area (Å²) in [6, 6.07) is 11.2. The van der Waals surface area contributed by atoms with Crippen LogP contribution in [0, 0.1) is 6.92 Å². The number of nitrogens with one attached hydrogen (secondary N) is 3. The monoisotopic (exact) mass is 449 g/mol. The molecule has 0 atom stereocenters. The molecule has 0 aliphatic carbocycles. The Bertz CT molecular complexity index is 1070. The molecule has 0 saturated heterocycles. The van der Waals surface area contributed by atoms with E-state index in [1.807, 2.05) is 63.1 Å². The van der Waals surface area contributed by atoms with Gasteiger partial charge in [-0.1, -0.05) is 12.1 Å². The first-order valence-electron chi connectivity index (χ1n) is 10.8. The molecule has 0 spiro atoms. The van der Waals surface area contributed by atoms with Gasteiger partial charge in [-0.15, -0.1) is 0 Å². The molecule has 0 unspecified atom stereocenters. The van der Waals surface area contributed by atoms with E-state index in [4.69, 9.17) is 4.74 Å². The van der Waals surface area contributed by atoms with Crippen LogP contribution in [0.1, 0.15) is 29.8 Å². The smallest absolute Gasteiger partial charge is 0.253 e. The van der Waals surface area contributed by atoms with Crippen molar-refractivity contribution in [2.24, 2.45) is 0 Å². The molecule has 3 aromatic rings. The Morgan fingerprint density at radius 3 is 2.58 bits per heavy atom. The summed E-state index contributed by atoms with van der Waals surface area (Å²) in [5.41, 5.74) is 2.85. The van der Waals surface area contributed by atoms with Gasteiger partial charge in [0.15, 0.2) is 0 Å². The predicted molar refractivity (Wildman–Crippen MR) is 132 cm³/mol. The van der Waals surface area contributed by atoms with E-state index in [0.717, 1.165) is 23.6 Å². The molecule has 9 nitrogen and oxygen atoms in total. The van der Waals surface area contributed by atoms with Gasteiger partial charge in [0.1, 0.15) is 11.6 Å². The molecule has 174 valence electrons. The first-order chi connectivity index (χ1) is 15.9. The summed E-state index contributed by atoms with van der Waals surface area (Å²) in [6.07, 6.45) is 3.47. The van der Waals surface area contributed by atoms with Gasteiger partial charge in [-0.3, -0.25) is 4.79 Å². The Labute approximate surface area is 194 Å². The highest BCUT2D eigenvalue weighted by molar-refractivity contribution is 6.00. The molecule has 9 heteroatoms. The number of pyridine rings is 1. The minimum atomic E-state index is -0.139. The van der Waals surface area contributed by atoms with E-state index in [-0.39, 0.29) is 11.9 Å². The molecule has 0 aliphatic rings. The Morgan fingerprint density at radius 1 is 1.09 bits per heavy atom. The fraction of sp³-hybridized carbons (Fsp3) is 0.333. The van der Waals surface area contributed by atoms with Crippen molar-refractivity contribution in [3.8, 4) is 0 Å². The summed E-state index contributed by atoms with van der Waals surface area (Å²) < 4.78 is 5.11. The number of hydrogen-bond acceptors (Lipinski definition) is 8. The highest BCUT2D eigenvalue weighted by atomic mass is 16.5. The van der Waals surface area contributed by atoms with E-state index in [1.165, 1.54) is 0 Å². The first kappa shape index (κ1) is 23.9. The van der Waals surface area contributed by atoms with Crippen molar-refractivity contribution < 1.29 is 9.53 Å². The van der Waals surface area contributed by atoms with E-state index in [2.05, 4.69) is 30.9 Å². The largest absolute Gasteiger partial charge is 0.383 e. The number of methoxy groups -OCH3 is 1. The molecule has 0 radical (unpaired) electrons. The van der Waals surface area contributed by atoms with Crippen molar-refractivity contribution in [1.82, 2.24) is 20.3 Å². The molecule has 2 aromatic heterocycles. The van der Waals surface area contributed by atoms with Crippen molar-refractivity contribution in [2.75, 3.05) is 42.8 Å². The van der Waals surface area contributed by atoms with Gasteiger partial charge in [-0.05, 0) is 45.0 Å². The van der Waals surface area contributed by atoms with Gasteiger partial charge in [0, 0.05) is 38.5 Å². The normalized spacial score (nSPS) is 10.7. The first-order valence-corrected chi connectivity index (χ1v) is 10.8. The second-order valence-corrected chi connectivity index (χ2v) is 7.97. The molecule has 1 aromatic carbocycles. The van der Waals surface area contributed by atoms with Crippen LogP contribution in [0.3, 0.4) is 0 Å². The zero-order valence-electron chi connectivity index (χ0n) is 19.7. The molecular formula is C24H31N7O2. The zero-order chi connectivity index (χ0) is 23.8. The van der Waals surface area contributed by atoms with Crippen LogP contribution in [-0.2, 0) is 4.74 Å². The molecule has 3 rings (SSSR count). The Balaban J connectivity index is 1.75. The number of aryl methyl sites for hydroxylation is 1. The van der Waals surface area contributed by atoms with Crippen molar-refractivity contribution >= 4 is 34.9 Å². The number of para-hydroxylation sites is 1. The van der Waals surface area contributed by atoms with Crippen LogP contribution in [0.4, 0.5) is 29.0 Å². The fourth-order valence-electron chi connectivity index (χ4n) is 3.04. The third-order valence-electron chi connectivity index (χ3n) is 4.84. The highest BCUT2D eigenvalue weighted by Crippen LogP contribution is 2.24. The maximum Gasteiger partial charge on any atom is 0.253 e. The fourth-order valence-corrected chi connectivity index (χ4v) is 3.04. The number of likely N-dealkylation sites (N-methyl/N-ethyl adjacent to an activating group) is 1. The quantitative estimate of drug-likeness (QED) is 0.428. The Kier molecular flexibility index (Phi) is 8.15. The molecule has 3 N–H and O–H groups in total. The lowest BCUT2D eigenvalue weighted by atomic mass is 10.1. The van der Waals surface area contributed by atoms with E-state index in [9.17, 15) is 4.79 Å². The van der Waals surface area contributed by atoms with Crippen LogP contribution in [0.5, 0.6) is 0 Å². The van der Waals surface area contributed by atoms with E-state index >= 15 is 0 Å². The van der Waals surface area contributed by atoms with Gasteiger partial charge in [0.25, 0.3) is 5.91 Å². The SMILES string of the molecule is COCCN(C)c1ccc(Nc2ncc(C)c(Nc3ccccc3C(=O)NC(C)C)n2)cn1. The van der Waals surface area contributed by atoms with Crippen molar-refractivity contribution in [1.29, 1.82) is 0 Å². The number of benzene rings is 1. The number of rotatable bonds is 10. The number of aromatic nitrogens is 3. The predicted octanol–water partition coefficient (Wildman–Crippen LogP) is 3.89. The molecule has 2 heterocycles. The summed E-state index contributed by atoms with van der Waals surface area (Å²) in [5.74, 6) is 1.75. The second kappa shape index (κ2) is 11.2. The maximum absolute atomic E-state index is 12.6. The molecule has 1 amide bonds. The van der Waals surface area contributed by atoms with Crippen LogP contribution in [-0.4, -0.2) is 54.2 Å². The third-order valence-corrected chi connectivity index (χ3v) is 4.84. The third kappa shape index (κ3) is 6.63. The summed E-state index contributed by atoms with van der Waals surface area (Å²) in [4.78, 5) is 28.1. The minimum Gasteiger partial charge on any atom is -0.383 e. The van der Waals surface area contributed by atoms with Gasteiger partial charge >= 0.3 is 0 Å². The number of carbonyl (C=O) groups excluding carboxylic acids is 1. The van der Waals surface area contributed by atoms with Gasteiger partial charge in [0.05, 0.1) is 29.7 Å². The topological polar surface area (TPSA) is 104 Å². The standard InChI is InChI=1S/C24H31N7O2/c1-16(2)27-23(32)19-8-6-7-9-20(19)29-22-17(3)14-26-24(30-22)28-18-10-11-21(25-15-18)31(4)12-13-33-5/h6-11,14-16H,12-13H2,1-5H3,(H,27,32)(H2,26,28,29,30). The molecule has 33 heavy (non-hydrogen) atoms. The summed E-state index contributed by atoms with van der Waals surface area (Å²) in [7, 11) is 3.65. The average Bonchev–Trinajstić information content (AvgIpc) is 2.80. The number of carbonyl (C=O) groups is 1.